The number of aryl methyl sites for hydroxylation is 1. The highest BCUT2D eigenvalue weighted by atomic mass is 16.5. The molecule has 0 bridgehead atoms. The largest absolute Gasteiger partial charge is 0.507 e. The van der Waals surface area contributed by atoms with Crippen LogP contribution in [-0.4, -0.2) is 25.3 Å². The molecule has 2 aromatic rings. The SMILES string of the molecule is C=C(C)CCc1c(OC)cc(/C=C/c2cccc(C)c2)c(C(=O)OC)c1O. The Morgan fingerprint density at radius 2 is 1.96 bits per heavy atom. The zero-order valence-corrected chi connectivity index (χ0v) is 16.3. The number of phenols is 1. The molecule has 0 aliphatic heterocycles. The van der Waals surface area contributed by atoms with Crippen LogP contribution in [0.15, 0.2) is 42.5 Å². The molecule has 4 nitrogen and oxygen atoms in total. The number of allylic oxidation sites excluding steroid dienone is 1. The number of hydrogen-bond acceptors (Lipinski definition) is 4. The van der Waals surface area contributed by atoms with Gasteiger partial charge in [-0.05, 0) is 43.9 Å². The van der Waals surface area contributed by atoms with E-state index in [9.17, 15) is 9.90 Å². The van der Waals surface area contributed by atoms with Crippen LogP contribution in [0.3, 0.4) is 0 Å². The molecule has 0 aliphatic carbocycles. The van der Waals surface area contributed by atoms with E-state index in [2.05, 4.69) is 6.58 Å². The second-order valence-electron chi connectivity index (χ2n) is 6.57. The van der Waals surface area contributed by atoms with Gasteiger partial charge in [0, 0.05) is 5.56 Å². The quantitative estimate of drug-likeness (QED) is 0.417. The summed E-state index contributed by atoms with van der Waals surface area (Å²) in [5.41, 5.74) is 4.38. The van der Waals surface area contributed by atoms with Crippen LogP contribution in [0.25, 0.3) is 12.2 Å². The van der Waals surface area contributed by atoms with Crippen molar-refractivity contribution in [3.63, 3.8) is 0 Å². The molecule has 2 rings (SSSR count). The van der Waals surface area contributed by atoms with Gasteiger partial charge in [-0.3, -0.25) is 0 Å². The molecule has 27 heavy (non-hydrogen) atoms. The van der Waals surface area contributed by atoms with Gasteiger partial charge in [-0.15, -0.1) is 6.58 Å². The maximum Gasteiger partial charge on any atom is 0.342 e. The third-order valence-corrected chi connectivity index (χ3v) is 4.30. The maximum atomic E-state index is 12.3. The third kappa shape index (κ3) is 5.00. The van der Waals surface area contributed by atoms with E-state index in [4.69, 9.17) is 9.47 Å². The van der Waals surface area contributed by atoms with Gasteiger partial charge in [-0.1, -0.05) is 47.6 Å². The second-order valence-corrected chi connectivity index (χ2v) is 6.57. The molecule has 0 unspecified atom stereocenters. The number of benzene rings is 2. The zero-order chi connectivity index (χ0) is 20.0. The molecule has 0 radical (unpaired) electrons. The highest BCUT2D eigenvalue weighted by molar-refractivity contribution is 5.98. The number of aromatic hydroxyl groups is 1. The first kappa shape index (κ1) is 20.3. The zero-order valence-electron chi connectivity index (χ0n) is 16.3. The topological polar surface area (TPSA) is 55.8 Å². The molecule has 0 saturated heterocycles. The summed E-state index contributed by atoms with van der Waals surface area (Å²) in [4.78, 5) is 12.3. The minimum absolute atomic E-state index is 0.105. The van der Waals surface area contributed by atoms with Crippen LogP contribution in [0.4, 0.5) is 0 Å². The lowest BCUT2D eigenvalue weighted by Crippen LogP contribution is -2.07. The van der Waals surface area contributed by atoms with Crippen LogP contribution in [0.1, 0.15) is 46.0 Å². The monoisotopic (exact) mass is 366 g/mol. The molecule has 4 heteroatoms. The van der Waals surface area contributed by atoms with E-state index in [0.29, 0.717) is 29.7 Å². The smallest absolute Gasteiger partial charge is 0.342 e. The Hall–Kier alpha value is -3.01. The van der Waals surface area contributed by atoms with Crippen LogP contribution < -0.4 is 4.74 Å². The standard InChI is InChI=1S/C23H26O4/c1-15(2)9-12-19-20(26-4)14-18(21(22(19)24)23(25)27-5)11-10-17-8-6-7-16(3)13-17/h6-8,10-11,13-14,24H,1,9,12H2,2-5H3/b11-10+. The van der Waals surface area contributed by atoms with Gasteiger partial charge < -0.3 is 14.6 Å². The number of carbonyl (C=O) groups excluding carboxylic acids is 1. The average Bonchev–Trinajstić information content (AvgIpc) is 2.64. The normalized spacial score (nSPS) is 10.8. The Bertz CT molecular complexity index is 878. The Kier molecular flexibility index (Phi) is 6.83. The first-order chi connectivity index (χ1) is 12.9. The predicted octanol–water partition coefficient (Wildman–Crippen LogP) is 5.17. The fraction of sp³-hybridized carbons (Fsp3) is 0.261. The summed E-state index contributed by atoms with van der Waals surface area (Å²) in [5.74, 6) is -0.160. The third-order valence-electron chi connectivity index (χ3n) is 4.30. The van der Waals surface area contributed by atoms with Crippen LogP contribution in [0.2, 0.25) is 0 Å². The summed E-state index contributed by atoms with van der Waals surface area (Å²) in [6.07, 6.45) is 4.88. The number of hydrogen-bond donors (Lipinski definition) is 1. The summed E-state index contributed by atoms with van der Waals surface area (Å²) < 4.78 is 10.4. The lowest BCUT2D eigenvalue weighted by Gasteiger charge is -2.16. The van der Waals surface area contributed by atoms with Crippen molar-refractivity contribution >= 4 is 18.1 Å². The van der Waals surface area contributed by atoms with Gasteiger partial charge in [-0.2, -0.15) is 0 Å². The van der Waals surface area contributed by atoms with E-state index in [1.807, 2.05) is 44.2 Å². The molecule has 2 aromatic carbocycles. The van der Waals surface area contributed by atoms with Gasteiger partial charge in [0.25, 0.3) is 0 Å². The molecule has 0 heterocycles. The molecule has 0 atom stereocenters. The van der Waals surface area contributed by atoms with Gasteiger partial charge in [0.2, 0.25) is 0 Å². The van der Waals surface area contributed by atoms with Crippen molar-refractivity contribution in [1.29, 1.82) is 0 Å². The minimum atomic E-state index is -0.587. The maximum absolute atomic E-state index is 12.3. The van der Waals surface area contributed by atoms with Crippen molar-refractivity contribution < 1.29 is 19.4 Å². The summed E-state index contributed by atoms with van der Waals surface area (Å²) >= 11 is 0. The Morgan fingerprint density at radius 1 is 1.22 bits per heavy atom. The first-order valence-electron chi connectivity index (χ1n) is 8.77. The molecular weight excluding hydrogens is 340 g/mol. The summed E-state index contributed by atoms with van der Waals surface area (Å²) in [5, 5.41) is 10.8. The highest BCUT2D eigenvalue weighted by Crippen LogP contribution is 2.37. The van der Waals surface area contributed by atoms with E-state index in [0.717, 1.165) is 16.7 Å². The Labute approximate surface area is 160 Å². The van der Waals surface area contributed by atoms with Crippen LogP contribution in [-0.2, 0) is 11.2 Å². The fourth-order valence-electron chi connectivity index (χ4n) is 2.87. The molecule has 0 fully saturated rings. The van der Waals surface area contributed by atoms with Gasteiger partial charge in [0.15, 0.2) is 0 Å². The predicted molar refractivity (Wildman–Crippen MR) is 109 cm³/mol. The summed E-state index contributed by atoms with van der Waals surface area (Å²) in [6.45, 7) is 7.83. The van der Waals surface area contributed by atoms with E-state index in [1.165, 1.54) is 7.11 Å². The van der Waals surface area contributed by atoms with Crippen molar-refractivity contribution in [2.75, 3.05) is 14.2 Å². The first-order valence-corrected chi connectivity index (χ1v) is 8.77. The van der Waals surface area contributed by atoms with Crippen LogP contribution in [0, 0.1) is 6.92 Å². The fourth-order valence-corrected chi connectivity index (χ4v) is 2.87. The number of phenolic OH excluding ortho intramolecular Hbond substituents is 1. The Balaban J connectivity index is 2.56. The van der Waals surface area contributed by atoms with Crippen molar-refractivity contribution in [2.24, 2.45) is 0 Å². The highest BCUT2D eigenvalue weighted by Gasteiger charge is 2.22. The van der Waals surface area contributed by atoms with Crippen LogP contribution >= 0.6 is 0 Å². The average molecular weight is 366 g/mol. The van der Waals surface area contributed by atoms with Gasteiger partial charge >= 0.3 is 5.97 Å². The van der Waals surface area contributed by atoms with Gasteiger partial charge in [0.05, 0.1) is 14.2 Å². The Morgan fingerprint density at radius 3 is 2.56 bits per heavy atom. The number of rotatable bonds is 7. The van der Waals surface area contributed by atoms with Crippen molar-refractivity contribution in [3.05, 3.63) is 70.3 Å². The van der Waals surface area contributed by atoms with Crippen molar-refractivity contribution in [3.8, 4) is 11.5 Å². The number of methoxy groups -OCH3 is 2. The van der Waals surface area contributed by atoms with Gasteiger partial charge in [0.1, 0.15) is 17.1 Å². The van der Waals surface area contributed by atoms with Crippen molar-refractivity contribution in [2.45, 2.75) is 26.7 Å². The molecule has 0 spiro atoms. The number of ether oxygens (including phenoxy) is 2. The van der Waals surface area contributed by atoms with Crippen molar-refractivity contribution in [1.82, 2.24) is 0 Å². The number of esters is 1. The van der Waals surface area contributed by atoms with Gasteiger partial charge in [-0.25, -0.2) is 4.79 Å². The molecule has 0 aliphatic rings. The molecule has 142 valence electrons. The number of carbonyl (C=O) groups is 1. The lowest BCUT2D eigenvalue weighted by atomic mass is 9.96. The molecule has 1 N–H and O–H groups in total. The van der Waals surface area contributed by atoms with E-state index < -0.39 is 5.97 Å². The summed E-state index contributed by atoms with van der Waals surface area (Å²) in [6, 6.07) is 9.75. The lowest BCUT2D eigenvalue weighted by molar-refractivity contribution is 0.0597. The van der Waals surface area contributed by atoms with E-state index >= 15 is 0 Å². The second kappa shape index (κ2) is 9.08. The minimum Gasteiger partial charge on any atom is -0.507 e. The molecule has 0 aromatic heterocycles. The molecule has 0 saturated carbocycles. The molecular formula is C23H26O4. The van der Waals surface area contributed by atoms with Crippen LogP contribution in [0.5, 0.6) is 11.5 Å². The molecule has 0 amide bonds. The van der Waals surface area contributed by atoms with E-state index in [1.54, 1.807) is 19.3 Å². The van der Waals surface area contributed by atoms with E-state index in [-0.39, 0.29) is 11.3 Å². The summed E-state index contributed by atoms with van der Waals surface area (Å²) in [7, 11) is 2.85.